The Hall–Kier alpha value is -2.92. The Morgan fingerprint density at radius 2 is 1.77 bits per heavy atom. The van der Waals surface area contributed by atoms with Gasteiger partial charge in [0, 0.05) is 6.54 Å². The molecule has 0 spiro atoms. The van der Waals surface area contributed by atoms with Crippen molar-refractivity contribution in [2.45, 2.75) is 33.0 Å². The smallest absolute Gasteiger partial charge is 0.255 e. The molecule has 0 atom stereocenters. The average molecular weight is 349 g/mol. The van der Waals surface area contributed by atoms with E-state index in [1.807, 2.05) is 66.2 Å². The molecule has 0 bridgehead atoms. The third-order valence-corrected chi connectivity index (χ3v) is 4.43. The van der Waals surface area contributed by atoms with Gasteiger partial charge in [0.05, 0.1) is 30.6 Å². The summed E-state index contributed by atoms with van der Waals surface area (Å²) in [7, 11) is 0. The Balaban J connectivity index is 1.73. The van der Waals surface area contributed by atoms with Crippen molar-refractivity contribution in [2.24, 2.45) is 0 Å². The van der Waals surface area contributed by atoms with Crippen LogP contribution in [-0.4, -0.2) is 20.8 Å². The van der Waals surface area contributed by atoms with E-state index in [9.17, 15) is 9.90 Å². The molecule has 134 valence electrons. The highest BCUT2D eigenvalue weighted by molar-refractivity contribution is 5.95. The molecular weight excluding hydrogens is 326 g/mol. The number of nitrogens with one attached hydrogen (secondary N) is 1. The monoisotopic (exact) mass is 349 g/mol. The number of amides is 1. The maximum Gasteiger partial charge on any atom is 0.255 e. The van der Waals surface area contributed by atoms with Crippen LogP contribution in [0.4, 0.5) is 0 Å². The molecule has 5 nitrogen and oxygen atoms in total. The molecule has 1 heterocycles. The van der Waals surface area contributed by atoms with Gasteiger partial charge in [-0.15, -0.1) is 0 Å². The van der Waals surface area contributed by atoms with Gasteiger partial charge in [-0.2, -0.15) is 5.10 Å². The van der Waals surface area contributed by atoms with E-state index in [4.69, 9.17) is 0 Å². The van der Waals surface area contributed by atoms with Gasteiger partial charge in [0.25, 0.3) is 5.91 Å². The minimum Gasteiger partial charge on any atom is -0.392 e. The summed E-state index contributed by atoms with van der Waals surface area (Å²) in [5.74, 6) is -0.145. The number of hydrogen-bond acceptors (Lipinski definition) is 3. The van der Waals surface area contributed by atoms with Crippen LogP contribution in [0.25, 0.3) is 0 Å². The second-order valence-electron chi connectivity index (χ2n) is 6.11. The lowest BCUT2D eigenvalue weighted by atomic mass is 10.1. The highest BCUT2D eigenvalue weighted by Crippen LogP contribution is 2.13. The molecule has 0 radical (unpaired) electrons. The Labute approximate surface area is 153 Å². The zero-order chi connectivity index (χ0) is 18.4. The molecule has 0 aliphatic carbocycles. The largest absolute Gasteiger partial charge is 0.392 e. The van der Waals surface area contributed by atoms with Crippen LogP contribution < -0.4 is 5.32 Å². The van der Waals surface area contributed by atoms with Gasteiger partial charge >= 0.3 is 0 Å². The van der Waals surface area contributed by atoms with E-state index in [1.54, 1.807) is 6.20 Å². The van der Waals surface area contributed by atoms with Crippen LogP contribution in [0.5, 0.6) is 0 Å². The Bertz CT molecular complexity index is 872. The van der Waals surface area contributed by atoms with Crippen molar-refractivity contribution >= 4 is 5.91 Å². The topological polar surface area (TPSA) is 67.2 Å². The normalized spacial score (nSPS) is 10.7. The van der Waals surface area contributed by atoms with Gasteiger partial charge in [0.15, 0.2) is 0 Å². The number of carbonyl (C=O) groups is 1. The molecule has 0 unspecified atom stereocenters. The Morgan fingerprint density at radius 1 is 1.08 bits per heavy atom. The highest BCUT2D eigenvalue weighted by atomic mass is 16.3. The van der Waals surface area contributed by atoms with Crippen LogP contribution in [0.15, 0.2) is 60.8 Å². The number of carbonyl (C=O) groups excluding carboxylic acids is 1. The predicted octanol–water partition coefficient (Wildman–Crippen LogP) is 2.92. The van der Waals surface area contributed by atoms with Crippen LogP contribution in [0.3, 0.4) is 0 Å². The molecule has 0 saturated carbocycles. The zero-order valence-corrected chi connectivity index (χ0v) is 14.9. The van der Waals surface area contributed by atoms with Crippen molar-refractivity contribution in [1.29, 1.82) is 0 Å². The van der Waals surface area contributed by atoms with E-state index >= 15 is 0 Å². The first-order valence-electron chi connectivity index (χ1n) is 8.77. The molecule has 1 aromatic heterocycles. The standard InChI is InChI=1S/C21H23N3O2/c1-2-20-19(13-23-24(20)14-16-8-4-3-5-9-16)21(26)22-12-17-10-6-7-11-18(17)15-25/h3-11,13,25H,2,12,14-15H2,1H3,(H,22,26). The summed E-state index contributed by atoms with van der Waals surface area (Å²) in [4.78, 5) is 12.6. The van der Waals surface area contributed by atoms with E-state index in [2.05, 4.69) is 10.4 Å². The van der Waals surface area contributed by atoms with Crippen LogP contribution in [0, 0.1) is 0 Å². The zero-order valence-electron chi connectivity index (χ0n) is 14.9. The van der Waals surface area contributed by atoms with Crippen molar-refractivity contribution in [2.75, 3.05) is 0 Å². The van der Waals surface area contributed by atoms with Crippen molar-refractivity contribution in [3.63, 3.8) is 0 Å². The van der Waals surface area contributed by atoms with Crippen LogP contribution >= 0.6 is 0 Å². The summed E-state index contributed by atoms with van der Waals surface area (Å²) in [6.07, 6.45) is 2.36. The molecule has 26 heavy (non-hydrogen) atoms. The van der Waals surface area contributed by atoms with E-state index in [0.717, 1.165) is 28.8 Å². The Kier molecular flexibility index (Phi) is 5.81. The third kappa shape index (κ3) is 4.00. The number of aliphatic hydroxyl groups excluding tert-OH is 1. The molecule has 3 rings (SSSR count). The van der Waals surface area contributed by atoms with Gasteiger partial charge in [-0.05, 0) is 23.1 Å². The first kappa shape index (κ1) is 17.9. The van der Waals surface area contributed by atoms with Gasteiger partial charge in [0.1, 0.15) is 0 Å². The summed E-state index contributed by atoms with van der Waals surface area (Å²) < 4.78 is 1.88. The molecule has 0 fully saturated rings. The van der Waals surface area contributed by atoms with Gasteiger partial charge in [-0.25, -0.2) is 0 Å². The lowest BCUT2D eigenvalue weighted by Crippen LogP contribution is -2.24. The van der Waals surface area contributed by atoms with Crippen molar-refractivity contribution in [3.05, 3.63) is 88.7 Å². The molecule has 1 amide bonds. The summed E-state index contributed by atoms with van der Waals surface area (Å²) in [5.41, 5.74) is 4.40. The molecule has 5 heteroatoms. The van der Waals surface area contributed by atoms with Gasteiger partial charge in [-0.1, -0.05) is 61.5 Å². The highest BCUT2D eigenvalue weighted by Gasteiger charge is 2.16. The van der Waals surface area contributed by atoms with Crippen molar-refractivity contribution < 1.29 is 9.90 Å². The van der Waals surface area contributed by atoms with Gasteiger partial charge < -0.3 is 10.4 Å². The number of rotatable bonds is 7. The number of hydrogen-bond donors (Lipinski definition) is 2. The maximum absolute atomic E-state index is 12.6. The number of nitrogens with zero attached hydrogens (tertiary/aromatic N) is 2. The average Bonchev–Trinajstić information content (AvgIpc) is 3.09. The Morgan fingerprint density at radius 3 is 2.46 bits per heavy atom. The predicted molar refractivity (Wildman–Crippen MR) is 101 cm³/mol. The fourth-order valence-corrected chi connectivity index (χ4v) is 3.02. The molecule has 0 saturated heterocycles. The number of benzene rings is 2. The first-order valence-corrected chi connectivity index (χ1v) is 8.77. The molecule has 3 aromatic rings. The van der Waals surface area contributed by atoms with Crippen molar-refractivity contribution in [3.8, 4) is 0 Å². The van der Waals surface area contributed by atoms with E-state index in [1.165, 1.54) is 0 Å². The second-order valence-corrected chi connectivity index (χ2v) is 6.11. The fraction of sp³-hybridized carbons (Fsp3) is 0.238. The van der Waals surface area contributed by atoms with E-state index < -0.39 is 0 Å². The lowest BCUT2D eigenvalue weighted by molar-refractivity contribution is 0.0949. The third-order valence-electron chi connectivity index (χ3n) is 4.43. The minimum atomic E-state index is -0.145. The quantitative estimate of drug-likeness (QED) is 0.689. The van der Waals surface area contributed by atoms with Crippen LogP contribution in [0.2, 0.25) is 0 Å². The SMILES string of the molecule is CCc1c(C(=O)NCc2ccccc2CO)cnn1Cc1ccccc1. The lowest BCUT2D eigenvalue weighted by Gasteiger charge is -2.10. The molecule has 2 N–H and O–H groups in total. The second kappa shape index (κ2) is 8.45. The van der Waals surface area contributed by atoms with E-state index in [0.29, 0.717) is 18.7 Å². The van der Waals surface area contributed by atoms with Crippen LogP contribution in [0.1, 0.15) is 39.7 Å². The summed E-state index contributed by atoms with van der Waals surface area (Å²) in [6, 6.07) is 17.6. The number of aromatic nitrogens is 2. The molecule has 0 aliphatic rings. The maximum atomic E-state index is 12.6. The fourth-order valence-electron chi connectivity index (χ4n) is 3.02. The van der Waals surface area contributed by atoms with Gasteiger partial charge in [-0.3, -0.25) is 9.48 Å². The number of aliphatic hydroxyl groups is 1. The van der Waals surface area contributed by atoms with E-state index in [-0.39, 0.29) is 12.5 Å². The molecule has 2 aromatic carbocycles. The summed E-state index contributed by atoms with van der Waals surface area (Å²) in [6.45, 7) is 3.00. The first-order chi connectivity index (χ1) is 12.7. The van der Waals surface area contributed by atoms with Gasteiger partial charge in [0.2, 0.25) is 0 Å². The summed E-state index contributed by atoms with van der Waals surface area (Å²) >= 11 is 0. The minimum absolute atomic E-state index is 0.0404. The summed E-state index contributed by atoms with van der Waals surface area (Å²) in [5, 5.41) is 16.7. The molecular formula is C21H23N3O2. The van der Waals surface area contributed by atoms with Crippen molar-refractivity contribution in [1.82, 2.24) is 15.1 Å². The van der Waals surface area contributed by atoms with Crippen LogP contribution in [-0.2, 0) is 26.1 Å². The molecule has 0 aliphatic heterocycles.